The van der Waals surface area contributed by atoms with Gasteiger partial charge in [-0.2, -0.15) is 0 Å². The van der Waals surface area contributed by atoms with Crippen LogP contribution in [0.1, 0.15) is 26.7 Å². The number of ether oxygens (including phenoxy) is 1. The molecule has 0 aromatic carbocycles. The molecule has 0 aliphatic carbocycles. The van der Waals surface area contributed by atoms with Gasteiger partial charge in [0.25, 0.3) is 0 Å². The van der Waals surface area contributed by atoms with E-state index in [0.717, 1.165) is 0 Å². The van der Waals surface area contributed by atoms with E-state index >= 15 is 0 Å². The maximum absolute atomic E-state index is 10.6. The van der Waals surface area contributed by atoms with Gasteiger partial charge in [0.15, 0.2) is 0 Å². The zero-order valence-corrected chi connectivity index (χ0v) is 6.35. The number of rotatable bonds is 4. The molecule has 0 amide bonds. The summed E-state index contributed by atoms with van der Waals surface area (Å²) in [4.78, 5) is 20.9. The van der Waals surface area contributed by atoms with Crippen LogP contribution in [0.5, 0.6) is 0 Å². The van der Waals surface area contributed by atoms with Crippen LogP contribution in [0.3, 0.4) is 0 Å². The summed E-state index contributed by atoms with van der Waals surface area (Å²) in [7, 11) is 0. The van der Waals surface area contributed by atoms with Crippen molar-refractivity contribution in [1.82, 2.24) is 0 Å². The molecule has 0 bridgehead atoms. The molecule has 0 aliphatic rings. The Morgan fingerprint density at radius 3 is 2.18 bits per heavy atom. The third-order valence-electron chi connectivity index (χ3n) is 0.987. The Hall–Kier alpha value is 0.140. The standard InChI is InChI=1S/C7H12O3.Na.H/c1-3-10-7(9)5-4-6(2)8;;/h3-5H2,1-2H3;;. The van der Waals surface area contributed by atoms with Gasteiger partial charge in [-0.05, 0) is 13.8 Å². The molecular formula is C7H13NaO3. The first-order valence-electron chi connectivity index (χ1n) is 3.32. The molecule has 0 saturated carbocycles. The molecule has 0 spiro atoms. The van der Waals surface area contributed by atoms with Crippen molar-refractivity contribution < 1.29 is 14.3 Å². The third-order valence-corrected chi connectivity index (χ3v) is 0.987. The van der Waals surface area contributed by atoms with Crippen molar-refractivity contribution in [1.29, 1.82) is 0 Å². The molecule has 11 heavy (non-hydrogen) atoms. The molecule has 0 saturated heterocycles. The van der Waals surface area contributed by atoms with Gasteiger partial charge in [-0.25, -0.2) is 0 Å². The summed E-state index contributed by atoms with van der Waals surface area (Å²) in [5, 5.41) is 0. The first kappa shape index (κ1) is 13.7. The minimum absolute atomic E-state index is 0. The van der Waals surface area contributed by atoms with Crippen molar-refractivity contribution in [3.8, 4) is 0 Å². The second-order valence-electron chi connectivity index (χ2n) is 2.01. The minimum atomic E-state index is -0.294. The molecule has 0 aromatic rings. The first-order chi connectivity index (χ1) is 4.66. The third kappa shape index (κ3) is 10.1. The van der Waals surface area contributed by atoms with E-state index in [-0.39, 0.29) is 47.7 Å². The average molecular weight is 168 g/mol. The van der Waals surface area contributed by atoms with E-state index in [1.807, 2.05) is 0 Å². The van der Waals surface area contributed by atoms with Gasteiger partial charge in [0, 0.05) is 6.42 Å². The van der Waals surface area contributed by atoms with Crippen molar-refractivity contribution in [3.05, 3.63) is 0 Å². The number of esters is 1. The Morgan fingerprint density at radius 1 is 1.27 bits per heavy atom. The quantitative estimate of drug-likeness (QED) is 0.447. The summed E-state index contributed by atoms with van der Waals surface area (Å²) in [5.41, 5.74) is 0. The fourth-order valence-electron chi connectivity index (χ4n) is 0.511. The Kier molecular flexibility index (Phi) is 10.3. The van der Waals surface area contributed by atoms with Crippen LogP contribution < -0.4 is 0 Å². The molecule has 0 radical (unpaired) electrons. The zero-order valence-electron chi connectivity index (χ0n) is 6.35. The van der Waals surface area contributed by atoms with Crippen molar-refractivity contribution in [2.24, 2.45) is 0 Å². The molecule has 0 aliphatic heterocycles. The molecule has 60 valence electrons. The summed E-state index contributed by atoms with van der Waals surface area (Å²) in [6, 6.07) is 0. The number of Topliss-reactive ketones (excluding diaryl/α,β-unsaturated/α-hetero) is 1. The molecule has 0 rings (SSSR count). The van der Waals surface area contributed by atoms with Crippen LogP contribution in [-0.4, -0.2) is 47.9 Å². The Bertz CT molecular complexity index is 134. The van der Waals surface area contributed by atoms with Gasteiger partial charge in [0.1, 0.15) is 5.78 Å². The molecule has 0 unspecified atom stereocenters. The average Bonchev–Trinajstić information content (AvgIpc) is 1.85. The summed E-state index contributed by atoms with van der Waals surface area (Å²) in [6.07, 6.45) is 0.502. The van der Waals surface area contributed by atoms with Crippen LogP contribution in [-0.2, 0) is 14.3 Å². The van der Waals surface area contributed by atoms with E-state index in [9.17, 15) is 9.59 Å². The molecule has 0 fully saturated rings. The van der Waals surface area contributed by atoms with Crippen LogP contribution >= 0.6 is 0 Å². The van der Waals surface area contributed by atoms with Gasteiger partial charge in [-0.3, -0.25) is 4.79 Å². The number of hydrogen-bond donors (Lipinski definition) is 0. The van der Waals surface area contributed by atoms with E-state index in [2.05, 4.69) is 4.74 Å². The fraction of sp³-hybridized carbons (Fsp3) is 0.714. The Balaban J connectivity index is 0. The van der Waals surface area contributed by atoms with Crippen LogP contribution in [0, 0.1) is 0 Å². The number of hydrogen-bond acceptors (Lipinski definition) is 3. The number of carbonyl (C=O) groups excluding carboxylic acids is 2. The van der Waals surface area contributed by atoms with Crippen LogP contribution in [0.25, 0.3) is 0 Å². The van der Waals surface area contributed by atoms with Crippen LogP contribution in [0.4, 0.5) is 0 Å². The molecule has 0 atom stereocenters. The molecule has 4 heteroatoms. The molecule has 0 aromatic heterocycles. The predicted molar refractivity (Wildman–Crippen MR) is 43.7 cm³/mol. The van der Waals surface area contributed by atoms with Crippen molar-refractivity contribution in [3.63, 3.8) is 0 Å². The van der Waals surface area contributed by atoms with Gasteiger partial charge >= 0.3 is 35.5 Å². The van der Waals surface area contributed by atoms with E-state index in [4.69, 9.17) is 0 Å². The van der Waals surface area contributed by atoms with Crippen molar-refractivity contribution in [2.45, 2.75) is 26.7 Å². The molecule has 0 N–H and O–H groups in total. The van der Waals surface area contributed by atoms with Gasteiger partial charge in [0.2, 0.25) is 0 Å². The summed E-state index contributed by atoms with van der Waals surface area (Å²) < 4.78 is 4.60. The maximum atomic E-state index is 10.6. The van der Waals surface area contributed by atoms with Gasteiger partial charge in [-0.1, -0.05) is 0 Å². The SMILES string of the molecule is CCOC(=O)CCC(C)=O.[NaH]. The summed E-state index contributed by atoms with van der Waals surface area (Å²) in [6.45, 7) is 3.58. The van der Waals surface area contributed by atoms with E-state index < -0.39 is 0 Å². The van der Waals surface area contributed by atoms with Gasteiger partial charge in [-0.15, -0.1) is 0 Å². The summed E-state index contributed by atoms with van der Waals surface area (Å²) in [5.74, 6) is -0.272. The van der Waals surface area contributed by atoms with Crippen molar-refractivity contribution in [2.75, 3.05) is 6.61 Å². The number of carbonyl (C=O) groups is 2. The summed E-state index contributed by atoms with van der Waals surface area (Å²) >= 11 is 0. The van der Waals surface area contributed by atoms with Gasteiger partial charge < -0.3 is 9.53 Å². The van der Waals surface area contributed by atoms with Crippen LogP contribution in [0.15, 0.2) is 0 Å². The van der Waals surface area contributed by atoms with Gasteiger partial charge in [0.05, 0.1) is 13.0 Å². The van der Waals surface area contributed by atoms with E-state index in [0.29, 0.717) is 13.0 Å². The topological polar surface area (TPSA) is 43.4 Å². The molecule has 0 heterocycles. The first-order valence-corrected chi connectivity index (χ1v) is 3.32. The zero-order chi connectivity index (χ0) is 7.98. The Labute approximate surface area is 88.8 Å². The van der Waals surface area contributed by atoms with Crippen LogP contribution in [0.2, 0.25) is 0 Å². The second kappa shape index (κ2) is 8.24. The molecular weight excluding hydrogens is 155 g/mol. The Morgan fingerprint density at radius 2 is 1.82 bits per heavy atom. The monoisotopic (exact) mass is 168 g/mol. The van der Waals surface area contributed by atoms with Crippen molar-refractivity contribution >= 4 is 41.3 Å². The fourth-order valence-corrected chi connectivity index (χ4v) is 0.511. The normalized spacial score (nSPS) is 8.18. The van der Waals surface area contributed by atoms with E-state index in [1.54, 1.807) is 6.92 Å². The second-order valence-corrected chi connectivity index (χ2v) is 2.01. The van der Waals surface area contributed by atoms with E-state index in [1.165, 1.54) is 6.92 Å². The predicted octanol–water partition coefficient (Wildman–Crippen LogP) is 0.270. The molecule has 3 nitrogen and oxygen atoms in total. The number of ketones is 1.